The minimum absolute atomic E-state index is 0. The highest BCUT2D eigenvalue weighted by Gasteiger charge is 2.08. The Bertz CT molecular complexity index is 266. The highest BCUT2D eigenvalue weighted by Crippen LogP contribution is 2.31. The fourth-order valence-electron chi connectivity index (χ4n) is 0.983. The molecule has 2 aliphatic heterocycles. The average molecular weight is 222 g/mol. The molecule has 66 valence electrons. The number of rotatable bonds is 0. The van der Waals surface area contributed by atoms with Gasteiger partial charge in [-0.2, -0.15) is 0 Å². The Hall–Kier alpha value is -0.180. The molecular weight excluding hydrogens is 213 g/mol. The van der Waals surface area contributed by atoms with Gasteiger partial charge < -0.3 is 0 Å². The van der Waals surface area contributed by atoms with E-state index in [0.29, 0.717) is 0 Å². The number of hydrogen-bond donors (Lipinski definition) is 0. The van der Waals surface area contributed by atoms with Crippen molar-refractivity contribution < 1.29 is 0 Å². The van der Waals surface area contributed by atoms with Gasteiger partial charge in [0, 0.05) is 23.1 Å². The lowest BCUT2D eigenvalue weighted by atomic mass is 10.2. The summed E-state index contributed by atoms with van der Waals surface area (Å²) in [5.41, 5.74) is 1.32. The molecule has 0 unspecified atom stereocenters. The molecule has 0 saturated carbocycles. The standard InChI is InChI=1S/C8H7NS.2ClH/c1-4-9-5-2-8-7(1)3-6-10-8;;/h1-5H,6H2;2*1H. The molecule has 12 heavy (non-hydrogen) atoms. The summed E-state index contributed by atoms with van der Waals surface area (Å²) < 4.78 is 0. The summed E-state index contributed by atoms with van der Waals surface area (Å²) in [5.74, 6) is 1.11. The fourth-order valence-corrected chi connectivity index (χ4v) is 1.90. The second-order valence-corrected chi connectivity index (χ2v) is 3.18. The van der Waals surface area contributed by atoms with E-state index in [1.807, 2.05) is 24.2 Å². The maximum absolute atomic E-state index is 4.02. The van der Waals surface area contributed by atoms with Crippen LogP contribution >= 0.6 is 36.6 Å². The Morgan fingerprint density at radius 3 is 3.00 bits per heavy atom. The molecule has 0 aromatic heterocycles. The second-order valence-electron chi connectivity index (χ2n) is 2.12. The SMILES string of the molecule is C1=CC2=CCSC2=CC=N1.Cl.Cl. The molecule has 0 spiro atoms. The van der Waals surface area contributed by atoms with Crippen LogP contribution < -0.4 is 0 Å². The van der Waals surface area contributed by atoms with Crippen molar-refractivity contribution >= 4 is 42.8 Å². The van der Waals surface area contributed by atoms with Gasteiger partial charge in [-0.05, 0) is 17.7 Å². The van der Waals surface area contributed by atoms with Gasteiger partial charge in [0.15, 0.2) is 0 Å². The van der Waals surface area contributed by atoms with E-state index >= 15 is 0 Å². The van der Waals surface area contributed by atoms with Gasteiger partial charge in [0.25, 0.3) is 0 Å². The molecule has 2 aliphatic rings. The molecule has 0 atom stereocenters. The smallest absolute Gasteiger partial charge is 0.0279 e. The number of hydrogen-bond acceptors (Lipinski definition) is 2. The van der Waals surface area contributed by atoms with Gasteiger partial charge in [0.2, 0.25) is 0 Å². The second kappa shape index (κ2) is 5.46. The van der Waals surface area contributed by atoms with Crippen molar-refractivity contribution in [2.45, 2.75) is 0 Å². The first-order chi connectivity index (χ1) is 4.97. The minimum atomic E-state index is 0. The van der Waals surface area contributed by atoms with Gasteiger partial charge in [0.05, 0.1) is 0 Å². The number of allylic oxidation sites excluding steroid dienone is 3. The molecule has 0 aliphatic carbocycles. The molecule has 0 bridgehead atoms. The average Bonchev–Trinajstić information content (AvgIpc) is 2.28. The summed E-state index contributed by atoms with van der Waals surface area (Å²) in [4.78, 5) is 5.36. The van der Waals surface area contributed by atoms with Crippen LogP contribution in [0, 0.1) is 0 Å². The molecule has 1 nitrogen and oxygen atoms in total. The van der Waals surface area contributed by atoms with Gasteiger partial charge >= 0.3 is 0 Å². The van der Waals surface area contributed by atoms with Crippen LogP contribution in [0.4, 0.5) is 0 Å². The van der Waals surface area contributed by atoms with Crippen molar-refractivity contribution in [1.29, 1.82) is 0 Å². The Kier molecular flexibility index (Phi) is 5.38. The van der Waals surface area contributed by atoms with Crippen molar-refractivity contribution in [1.82, 2.24) is 0 Å². The third kappa shape index (κ3) is 2.41. The number of aliphatic imine (C=N–C) groups is 1. The van der Waals surface area contributed by atoms with E-state index in [4.69, 9.17) is 0 Å². The van der Waals surface area contributed by atoms with Gasteiger partial charge in [-0.25, -0.2) is 0 Å². The van der Waals surface area contributed by atoms with Gasteiger partial charge in [-0.15, -0.1) is 36.6 Å². The van der Waals surface area contributed by atoms with Crippen LogP contribution in [0.1, 0.15) is 0 Å². The molecule has 0 radical (unpaired) electrons. The van der Waals surface area contributed by atoms with E-state index in [2.05, 4.69) is 23.2 Å². The molecule has 2 rings (SSSR count). The van der Waals surface area contributed by atoms with Crippen molar-refractivity contribution in [2.24, 2.45) is 4.99 Å². The van der Waals surface area contributed by atoms with Crippen LogP contribution in [0.3, 0.4) is 0 Å². The van der Waals surface area contributed by atoms with E-state index < -0.39 is 0 Å². The Morgan fingerprint density at radius 2 is 2.17 bits per heavy atom. The zero-order valence-corrected chi connectivity index (χ0v) is 8.72. The normalized spacial score (nSPS) is 18.0. The van der Waals surface area contributed by atoms with Crippen LogP contribution in [0.15, 0.2) is 39.9 Å². The highest BCUT2D eigenvalue weighted by molar-refractivity contribution is 8.03. The van der Waals surface area contributed by atoms with E-state index in [9.17, 15) is 0 Å². The Balaban J connectivity index is 0.000000605. The summed E-state index contributed by atoms with van der Waals surface area (Å²) in [5, 5.41) is 0. The molecule has 0 saturated heterocycles. The van der Waals surface area contributed by atoms with Crippen LogP contribution in [0.2, 0.25) is 0 Å². The highest BCUT2D eigenvalue weighted by atomic mass is 35.5. The van der Waals surface area contributed by atoms with Crippen LogP contribution in [-0.2, 0) is 0 Å². The largest absolute Gasteiger partial charge is 0.265 e. The van der Waals surface area contributed by atoms with Crippen molar-refractivity contribution in [3.05, 3.63) is 34.9 Å². The van der Waals surface area contributed by atoms with Crippen molar-refractivity contribution in [3.8, 4) is 0 Å². The lowest BCUT2D eigenvalue weighted by Gasteiger charge is -1.92. The monoisotopic (exact) mass is 221 g/mol. The maximum Gasteiger partial charge on any atom is 0.0279 e. The third-order valence-corrected chi connectivity index (χ3v) is 2.49. The quantitative estimate of drug-likeness (QED) is 0.613. The third-order valence-electron chi connectivity index (χ3n) is 1.48. The lowest BCUT2D eigenvalue weighted by Crippen LogP contribution is -1.72. The zero-order valence-electron chi connectivity index (χ0n) is 6.27. The minimum Gasteiger partial charge on any atom is -0.265 e. The number of fused-ring (bicyclic) bond motifs is 1. The number of thioether (sulfide) groups is 1. The molecule has 0 aromatic carbocycles. The van der Waals surface area contributed by atoms with Gasteiger partial charge in [-0.3, -0.25) is 4.99 Å². The zero-order chi connectivity index (χ0) is 6.81. The molecule has 0 amide bonds. The first-order valence-corrected chi connectivity index (χ1v) is 4.19. The topological polar surface area (TPSA) is 12.4 Å². The van der Waals surface area contributed by atoms with E-state index in [1.54, 1.807) is 0 Å². The van der Waals surface area contributed by atoms with Crippen LogP contribution in [-0.4, -0.2) is 12.0 Å². The van der Waals surface area contributed by atoms with Gasteiger partial charge in [0.1, 0.15) is 0 Å². The summed E-state index contributed by atoms with van der Waals surface area (Å²) >= 11 is 1.87. The molecule has 0 aromatic rings. The summed E-state index contributed by atoms with van der Waals surface area (Å²) in [6.07, 6.45) is 10.0. The molecule has 0 N–H and O–H groups in total. The predicted molar refractivity (Wildman–Crippen MR) is 60.8 cm³/mol. The van der Waals surface area contributed by atoms with E-state index in [-0.39, 0.29) is 24.8 Å². The van der Waals surface area contributed by atoms with Crippen LogP contribution in [0.25, 0.3) is 0 Å². The summed E-state index contributed by atoms with van der Waals surface area (Å²) in [6, 6.07) is 0. The maximum atomic E-state index is 4.02. The first kappa shape index (κ1) is 11.8. The molecule has 0 fully saturated rings. The number of nitrogens with zero attached hydrogens (tertiary/aromatic N) is 1. The van der Waals surface area contributed by atoms with E-state index in [1.165, 1.54) is 10.5 Å². The number of halogens is 2. The molecular formula is C8H9Cl2NS. The van der Waals surface area contributed by atoms with Crippen molar-refractivity contribution in [3.63, 3.8) is 0 Å². The summed E-state index contributed by atoms with van der Waals surface area (Å²) in [7, 11) is 0. The van der Waals surface area contributed by atoms with E-state index in [0.717, 1.165) is 5.75 Å². The Labute approximate surface area is 88.5 Å². The fraction of sp³-hybridized carbons (Fsp3) is 0.125. The summed E-state index contributed by atoms with van der Waals surface area (Å²) in [6.45, 7) is 0. The van der Waals surface area contributed by atoms with Crippen LogP contribution in [0.5, 0.6) is 0 Å². The van der Waals surface area contributed by atoms with Gasteiger partial charge in [-0.1, -0.05) is 6.08 Å². The predicted octanol–water partition coefficient (Wildman–Crippen LogP) is 2.99. The Morgan fingerprint density at radius 1 is 1.33 bits per heavy atom. The first-order valence-electron chi connectivity index (χ1n) is 3.20. The van der Waals surface area contributed by atoms with Crippen molar-refractivity contribution in [2.75, 3.05) is 5.75 Å². The lowest BCUT2D eigenvalue weighted by molar-refractivity contribution is 1.57. The molecule has 2 heterocycles. The molecule has 4 heteroatoms.